The van der Waals surface area contributed by atoms with Gasteiger partial charge in [0, 0.05) is 18.3 Å². The number of amides is 5. The van der Waals surface area contributed by atoms with Crippen molar-refractivity contribution in [2.24, 2.45) is 0 Å². The zero-order chi connectivity index (χ0) is 24.3. The Morgan fingerprint density at radius 3 is 1.74 bits per heavy atom. The molecule has 0 unspecified atom stereocenters. The van der Waals surface area contributed by atoms with E-state index in [4.69, 9.17) is 0 Å². The monoisotopic (exact) mass is 456 g/mol. The van der Waals surface area contributed by atoms with Crippen LogP contribution in [0.2, 0.25) is 0 Å². The molecule has 0 bridgehead atoms. The molecular formula is C26H24N4O4. The predicted molar refractivity (Wildman–Crippen MR) is 128 cm³/mol. The van der Waals surface area contributed by atoms with Crippen LogP contribution in [-0.2, 0) is 19.9 Å². The van der Waals surface area contributed by atoms with Crippen molar-refractivity contribution in [2.75, 3.05) is 10.6 Å². The minimum Gasteiger partial charge on any atom is -0.326 e. The molecule has 3 N–H and O–H groups in total. The quantitative estimate of drug-likeness (QED) is 0.494. The fourth-order valence-electron chi connectivity index (χ4n) is 4.04. The maximum absolute atomic E-state index is 13.8. The summed E-state index contributed by atoms with van der Waals surface area (Å²) in [5.74, 6) is -1.25. The Labute approximate surface area is 197 Å². The van der Waals surface area contributed by atoms with Crippen LogP contribution < -0.4 is 16.0 Å². The number of urea groups is 1. The summed E-state index contributed by atoms with van der Waals surface area (Å²) in [5.41, 5.74) is 0.818. The standard InChI is InChI=1S/C26H24N4O4/c1-17(23(32)28-22-15-13-21(14-16-22)27-18(2)31)30-24(33)26(29-25(30)34,19-9-5-3-6-10-19)20-11-7-4-8-12-20/h3-17H,1-2H3,(H,27,31)(H,28,32)(H,29,34)/t17-/m1/s1. The third-order valence-corrected chi connectivity index (χ3v) is 5.71. The van der Waals surface area contributed by atoms with Gasteiger partial charge in [-0.05, 0) is 42.3 Å². The summed E-state index contributed by atoms with van der Waals surface area (Å²) in [6.45, 7) is 2.91. The maximum Gasteiger partial charge on any atom is 0.326 e. The number of nitrogens with zero attached hydrogens (tertiary/aromatic N) is 1. The molecule has 4 rings (SSSR count). The average molecular weight is 457 g/mol. The topological polar surface area (TPSA) is 108 Å². The minimum atomic E-state index is -1.44. The van der Waals surface area contributed by atoms with Gasteiger partial charge >= 0.3 is 6.03 Å². The third kappa shape index (κ3) is 4.13. The van der Waals surface area contributed by atoms with Gasteiger partial charge in [0.25, 0.3) is 5.91 Å². The second kappa shape index (κ2) is 9.19. The van der Waals surface area contributed by atoms with Gasteiger partial charge in [-0.3, -0.25) is 14.4 Å². The van der Waals surface area contributed by atoms with E-state index in [1.165, 1.54) is 13.8 Å². The minimum absolute atomic E-state index is 0.204. The Morgan fingerprint density at radius 1 is 0.794 bits per heavy atom. The van der Waals surface area contributed by atoms with Crippen molar-refractivity contribution in [3.63, 3.8) is 0 Å². The second-order valence-electron chi connectivity index (χ2n) is 8.01. The summed E-state index contributed by atoms with van der Waals surface area (Å²) in [6, 6.07) is 22.7. The van der Waals surface area contributed by atoms with Crippen LogP contribution in [0, 0.1) is 0 Å². The second-order valence-corrected chi connectivity index (χ2v) is 8.01. The van der Waals surface area contributed by atoms with Gasteiger partial charge in [-0.15, -0.1) is 0 Å². The van der Waals surface area contributed by atoms with Crippen LogP contribution in [0.3, 0.4) is 0 Å². The number of nitrogens with one attached hydrogen (secondary N) is 3. The summed E-state index contributed by atoms with van der Waals surface area (Å²) in [5, 5.41) is 8.21. The van der Waals surface area contributed by atoms with E-state index in [-0.39, 0.29) is 5.91 Å². The average Bonchev–Trinajstić information content (AvgIpc) is 3.11. The Bertz CT molecular complexity index is 1190. The molecule has 0 aliphatic carbocycles. The molecule has 0 saturated carbocycles. The lowest BCUT2D eigenvalue weighted by Gasteiger charge is -2.29. The molecule has 0 spiro atoms. The van der Waals surface area contributed by atoms with Crippen molar-refractivity contribution in [3.05, 3.63) is 96.1 Å². The Hall–Kier alpha value is -4.46. The summed E-state index contributed by atoms with van der Waals surface area (Å²) >= 11 is 0. The van der Waals surface area contributed by atoms with E-state index in [1.807, 2.05) is 12.1 Å². The van der Waals surface area contributed by atoms with Gasteiger partial charge in [0.1, 0.15) is 6.04 Å². The molecule has 1 heterocycles. The SMILES string of the molecule is CC(=O)Nc1ccc(NC(=O)[C@@H](C)N2C(=O)NC(c3ccccc3)(c3ccccc3)C2=O)cc1. The lowest BCUT2D eigenvalue weighted by Crippen LogP contribution is -2.48. The van der Waals surface area contributed by atoms with E-state index in [1.54, 1.807) is 72.8 Å². The van der Waals surface area contributed by atoms with E-state index in [0.717, 1.165) is 4.90 Å². The number of imide groups is 1. The Morgan fingerprint density at radius 2 is 1.26 bits per heavy atom. The largest absolute Gasteiger partial charge is 0.326 e. The molecule has 1 aliphatic heterocycles. The predicted octanol–water partition coefficient (Wildman–Crippen LogP) is 3.47. The molecule has 1 saturated heterocycles. The molecule has 3 aromatic carbocycles. The van der Waals surface area contributed by atoms with Crippen molar-refractivity contribution < 1.29 is 19.2 Å². The fraction of sp³-hybridized carbons (Fsp3) is 0.154. The number of anilines is 2. The van der Waals surface area contributed by atoms with Crippen molar-refractivity contribution in [3.8, 4) is 0 Å². The first-order valence-electron chi connectivity index (χ1n) is 10.8. The summed E-state index contributed by atoms with van der Waals surface area (Å²) < 4.78 is 0. The molecule has 8 nitrogen and oxygen atoms in total. The van der Waals surface area contributed by atoms with Gasteiger partial charge in [0.2, 0.25) is 11.8 Å². The molecule has 1 aliphatic rings. The highest BCUT2D eigenvalue weighted by Crippen LogP contribution is 2.36. The molecule has 0 radical (unpaired) electrons. The third-order valence-electron chi connectivity index (χ3n) is 5.71. The van der Waals surface area contributed by atoms with Gasteiger partial charge in [-0.25, -0.2) is 9.69 Å². The maximum atomic E-state index is 13.8. The molecule has 1 fully saturated rings. The first-order chi connectivity index (χ1) is 16.3. The van der Waals surface area contributed by atoms with Crippen LogP contribution in [0.5, 0.6) is 0 Å². The van der Waals surface area contributed by atoms with Crippen LogP contribution in [0.1, 0.15) is 25.0 Å². The summed E-state index contributed by atoms with van der Waals surface area (Å²) in [6.07, 6.45) is 0. The van der Waals surface area contributed by atoms with E-state index in [0.29, 0.717) is 22.5 Å². The first kappa shape index (κ1) is 22.7. The highest BCUT2D eigenvalue weighted by atomic mass is 16.2. The highest BCUT2D eigenvalue weighted by Gasteiger charge is 2.55. The lowest BCUT2D eigenvalue weighted by atomic mass is 9.82. The smallest absolute Gasteiger partial charge is 0.326 e. The lowest BCUT2D eigenvalue weighted by molar-refractivity contribution is -0.135. The van der Waals surface area contributed by atoms with Crippen LogP contribution in [0.25, 0.3) is 0 Å². The molecule has 1 atom stereocenters. The van der Waals surface area contributed by atoms with Gasteiger partial charge in [0.05, 0.1) is 0 Å². The van der Waals surface area contributed by atoms with Gasteiger partial charge in [0.15, 0.2) is 5.54 Å². The van der Waals surface area contributed by atoms with E-state index in [9.17, 15) is 19.2 Å². The number of carbonyl (C=O) groups excluding carboxylic acids is 4. The zero-order valence-corrected chi connectivity index (χ0v) is 18.7. The molecule has 0 aromatic heterocycles. The van der Waals surface area contributed by atoms with Gasteiger partial charge in [-0.1, -0.05) is 60.7 Å². The van der Waals surface area contributed by atoms with Crippen molar-refractivity contribution >= 4 is 35.1 Å². The van der Waals surface area contributed by atoms with Crippen LogP contribution in [0.4, 0.5) is 16.2 Å². The van der Waals surface area contributed by atoms with E-state index >= 15 is 0 Å². The Balaban J connectivity index is 1.61. The molecular weight excluding hydrogens is 432 g/mol. The van der Waals surface area contributed by atoms with Crippen LogP contribution >= 0.6 is 0 Å². The molecule has 8 heteroatoms. The number of rotatable bonds is 6. The van der Waals surface area contributed by atoms with Gasteiger partial charge < -0.3 is 16.0 Å². The molecule has 172 valence electrons. The van der Waals surface area contributed by atoms with Crippen molar-refractivity contribution in [1.29, 1.82) is 0 Å². The molecule has 5 amide bonds. The van der Waals surface area contributed by atoms with Crippen LogP contribution in [0.15, 0.2) is 84.9 Å². The molecule has 3 aromatic rings. The summed E-state index contributed by atoms with van der Waals surface area (Å²) in [7, 11) is 0. The number of benzene rings is 3. The Kier molecular flexibility index (Phi) is 6.14. The number of carbonyl (C=O) groups is 4. The van der Waals surface area contributed by atoms with E-state index < -0.39 is 29.4 Å². The van der Waals surface area contributed by atoms with Crippen molar-refractivity contribution in [2.45, 2.75) is 25.4 Å². The number of hydrogen-bond acceptors (Lipinski definition) is 4. The first-order valence-corrected chi connectivity index (χ1v) is 10.8. The normalized spacial score (nSPS) is 15.4. The van der Waals surface area contributed by atoms with Crippen molar-refractivity contribution in [1.82, 2.24) is 10.2 Å². The summed E-state index contributed by atoms with van der Waals surface area (Å²) in [4.78, 5) is 52.0. The van der Waals surface area contributed by atoms with Gasteiger partial charge in [-0.2, -0.15) is 0 Å². The highest BCUT2D eigenvalue weighted by molar-refractivity contribution is 6.13. The molecule has 34 heavy (non-hydrogen) atoms. The van der Waals surface area contributed by atoms with E-state index in [2.05, 4.69) is 16.0 Å². The number of hydrogen-bond donors (Lipinski definition) is 3. The van der Waals surface area contributed by atoms with Crippen LogP contribution in [-0.4, -0.2) is 34.7 Å². The zero-order valence-electron chi connectivity index (χ0n) is 18.7. The fourth-order valence-corrected chi connectivity index (χ4v) is 4.04.